The standard InChI is InChI=1S/C13H23NO2/c1-13(2,3)11(15)12(16)14-9-10-7-5-4-6-8-10/h10H,4-9H2,1-3H3,(H,14,16). The normalized spacial score (nSPS) is 18.2. The van der Waals surface area contributed by atoms with Crippen LogP contribution in [0.4, 0.5) is 0 Å². The van der Waals surface area contributed by atoms with Gasteiger partial charge in [0.05, 0.1) is 0 Å². The average molecular weight is 225 g/mol. The maximum atomic E-state index is 11.6. The van der Waals surface area contributed by atoms with Gasteiger partial charge >= 0.3 is 0 Å². The van der Waals surface area contributed by atoms with E-state index < -0.39 is 11.3 Å². The van der Waals surface area contributed by atoms with Gasteiger partial charge in [0, 0.05) is 12.0 Å². The van der Waals surface area contributed by atoms with E-state index in [0.29, 0.717) is 12.5 Å². The molecule has 1 rings (SSSR count). The Kier molecular flexibility index (Phi) is 4.51. The first-order valence-electron chi connectivity index (χ1n) is 6.24. The first-order valence-corrected chi connectivity index (χ1v) is 6.24. The van der Waals surface area contributed by atoms with E-state index in [1.54, 1.807) is 20.8 Å². The van der Waals surface area contributed by atoms with Crippen molar-refractivity contribution in [1.82, 2.24) is 5.32 Å². The molecule has 1 N–H and O–H groups in total. The second-order valence-electron chi connectivity index (χ2n) is 5.79. The summed E-state index contributed by atoms with van der Waals surface area (Å²) in [4.78, 5) is 23.2. The van der Waals surface area contributed by atoms with Crippen LogP contribution in [0.1, 0.15) is 52.9 Å². The summed E-state index contributed by atoms with van der Waals surface area (Å²) in [7, 11) is 0. The van der Waals surface area contributed by atoms with Crippen LogP contribution < -0.4 is 5.32 Å². The summed E-state index contributed by atoms with van der Waals surface area (Å²) in [6, 6.07) is 0. The minimum Gasteiger partial charge on any atom is -0.349 e. The van der Waals surface area contributed by atoms with Gasteiger partial charge in [0.15, 0.2) is 0 Å². The summed E-state index contributed by atoms with van der Waals surface area (Å²) in [6.07, 6.45) is 6.20. The highest BCUT2D eigenvalue weighted by Gasteiger charge is 2.28. The second kappa shape index (κ2) is 5.46. The molecule has 0 aromatic carbocycles. The fourth-order valence-corrected chi connectivity index (χ4v) is 2.05. The van der Waals surface area contributed by atoms with Gasteiger partial charge in [-0.25, -0.2) is 0 Å². The summed E-state index contributed by atoms with van der Waals surface area (Å²) in [5.41, 5.74) is -0.573. The third kappa shape index (κ3) is 3.95. The SMILES string of the molecule is CC(C)(C)C(=O)C(=O)NCC1CCCCC1. The average Bonchev–Trinajstić information content (AvgIpc) is 2.25. The van der Waals surface area contributed by atoms with Crippen LogP contribution in [0.2, 0.25) is 0 Å². The fourth-order valence-electron chi connectivity index (χ4n) is 2.05. The van der Waals surface area contributed by atoms with Crippen LogP contribution in [0.3, 0.4) is 0 Å². The lowest BCUT2D eigenvalue weighted by Gasteiger charge is -2.22. The Morgan fingerprint density at radius 3 is 2.19 bits per heavy atom. The van der Waals surface area contributed by atoms with Gasteiger partial charge in [0.25, 0.3) is 5.91 Å². The maximum Gasteiger partial charge on any atom is 0.287 e. The van der Waals surface area contributed by atoms with Gasteiger partial charge in [0.1, 0.15) is 0 Å². The summed E-state index contributed by atoms with van der Waals surface area (Å²) in [5.74, 6) is -0.160. The number of nitrogens with one attached hydrogen (secondary N) is 1. The number of amides is 1. The number of carbonyl (C=O) groups is 2. The molecule has 1 amide bonds. The quantitative estimate of drug-likeness (QED) is 0.749. The van der Waals surface area contributed by atoms with Crippen molar-refractivity contribution in [3.63, 3.8) is 0 Å². The Labute approximate surface area is 98.0 Å². The number of hydrogen-bond donors (Lipinski definition) is 1. The molecule has 0 saturated heterocycles. The van der Waals surface area contributed by atoms with E-state index in [9.17, 15) is 9.59 Å². The highest BCUT2D eigenvalue weighted by atomic mass is 16.2. The molecule has 16 heavy (non-hydrogen) atoms. The van der Waals surface area contributed by atoms with Gasteiger partial charge < -0.3 is 5.32 Å². The topological polar surface area (TPSA) is 46.2 Å². The van der Waals surface area contributed by atoms with Crippen LogP contribution in [0.25, 0.3) is 0 Å². The Morgan fingerprint density at radius 1 is 1.12 bits per heavy atom. The van der Waals surface area contributed by atoms with E-state index in [1.807, 2.05) is 0 Å². The molecule has 0 aromatic heterocycles. The number of Topliss-reactive ketones (excluding diaryl/α,β-unsaturated/α-hetero) is 1. The zero-order valence-electron chi connectivity index (χ0n) is 10.6. The van der Waals surface area contributed by atoms with Crippen LogP contribution in [0.5, 0.6) is 0 Å². The van der Waals surface area contributed by atoms with Crippen LogP contribution in [-0.4, -0.2) is 18.2 Å². The molecule has 1 aliphatic carbocycles. The van der Waals surface area contributed by atoms with Crippen LogP contribution >= 0.6 is 0 Å². The highest BCUT2D eigenvalue weighted by molar-refractivity contribution is 6.37. The first-order chi connectivity index (χ1) is 7.41. The molecule has 0 heterocycles. The molecular weight excluding hydrogens is 202 g/mol. The fraction of sp³-hybridized carbons (Fsp3) is 0.846. The van der Waals surface area contributed by atoms with Crippen molar-refractivity contribution in [2.24, 2.45) is 11.3 Å². The molecule has 0 radical (unpaired) electrons. The molecule has 1 saturated carbocycles. The van der Waals surface area contributed by atoms with Crippen LogP contribution in [0.15, 0.2) is 0 Å². The Bertz CT molecular complexity index is 260. The summed E-state index contributed by atoms with van der Waals surface area (Å²) < 4.78 is 0. The van der Waals surface area contributed by atoms with E-state index in [0.717, 1.165) is 0 Å². The molecule has 0 bridgehead atoms. The number of ketones is 1. The third-order valence-electron chi connectivity index (χ3n) is 3.16. The minimum absolute atomic E-state index is 0.316. The van der Waals surface area contributed by atoms with Crippen LogP contribution in [0, 0.1) is 11.3 Å². The Hall–Kier alpha value is -0.860. The largest absolute Gasteiger partial charge is 0.349 e. The predicted molar refractivity (Wildman–Crippen MR) is 64.0 cm³/mol. The van der Waals surface area contributed by atoms with E-state index >= 15 is 0 Å². The highest BCUT2D eigenvalue weighted by Crippen LogP contribution is 2.23. The van der Waals surface area contributed by atoms with Gasteiger partial charge in [-0.05, 0) is 18.8 Å². The van der Waals surface area contributed by atoms with Gasteiger partial charge in [-0.15, -0.1) is 0 Å². The van der Waals surface area contributed by atoms with E-state index in [4.69, 9.17) is 0 Å². The summed E-state index contributed by atoms with van der Waals surface area (Å²) in [6.45, 7) is 5.99. The molecule has 1 aliphatic rings. The molecule has 0 aliphatic heterocycles. The molecular formula is C13H23NO2. The molecule has 92 valence electrons. The van der Waals surface area contributed by atoms with Crippen molar-refractivity contribution in [3.8, 4) is 0 Å². The molecule has 1 fully saturated rings. The van der Waals surface area contributed by atoms with E-state index in [-0.39, 0.29) is 5.78 Å². The number of rotatable bonds is 3. The predicted octanol–water partition coefficient (Wildman–Crippen LogP) is 2.30. The van der Waals surface area contributed by atoms with Crippen molar-refractivity contribution in [1.29, 1.82) is 0 Å². The molecule has 0 aromatic rings. The molecule has 0 atom stereocenters. The third-order valence-corrected chi connectivity index (χ3v) is 3.16. The maximum absolute atomic E-state index is 11.6. The van der Waals surface area contributed by atoms with Gasteiger partial charge in [-0.2, -0.15) is 0 Å². The first kappa shape index (κ1) is 13.2. The van der Waals surface area contributed by atoms with Gasteiger partial charge in [0.2, 0.25) is 5.78 Å². The zero-order valence-corrected chi connectivity index (χ0v) is 10.6. The summed E-state index contributed by atoms with van der Waals surface area (Å²) in [5, 5.41) is 2.77. The smallest absolute Gasteiger partial charge is 0.287 e. The van der Waals surface area contributed by atoms with Crippen molar-refractivity contribution < 1.29 is 9.59 Å². The van der Waals surface area contributed by atoms with Crippen LogP contribution in [-0.2, 0) is 9.59 Å². The molecule has 0 spiro atoms. The summed E-state index contributed by atoms with van der Waals surface area (Å²) >= 11 is 0. The van der Waals surface area contributed by atoms with E-state index in [2.05, 4.69) is 5.32 Å². The molecule has 0 unspecified atom stereocenters. The molecule has 3 heteroatoms. The lowest BCUT2D eigenvalue weighted by atomic mass is 9.88. The lowest BCUT2D eigenvalue weighted by Crippen LogP contribution is -2.40. The number of carbonyl (C=O) groups excluding carboxylic acids is 2. The zero-order chi connectivity index (χ0) is 12.2. The van der Waals surface area contributed by atoms with Crippen molar-refractivity contribution in [2.75, 3.05) is 6.54 Å². The van der Waals surface area contributed by atoms with Gasteiger partial charge in [-0.3, -0.25) is 9.59 Å². The molecule has 3 nitrogen and oxygen atoms in total. The Morgan fingerprint density at radius 2 is 1.69 bits per heavy atom. The lowest BCUT2D eigenvalue weighted by molar-refractivity contribution is -0.142. The van der Waals surface area contributed by atoms with Crippen molar-refractivity contribution in [3.05, 3.63) is 0 Å². The van der Waals surface area contributed by atoms with Crippen molar-refractivity contribution in [2.45, 2.75) is 52.9 Å². The Balaban J connectivity index is 2.32. The minimum atomic E-state index is -0.573. The monoisotopic (exact) mass is 225 g/mol. The second-order valence-corrected chi connectivity index (χ2v) is 5.79. The van der Waals surface area contributed by atoms with Crippen molar-refractivity contribution >= 4 is 11.7 Å². The van der Waals surface area contributed by atoms with Gasteiger partial charge in [-0.1, -0.05) is 40.0 Å². The van der Waals surface area contributed by atoms with E-state index in [1.165, 1.54) is 32.1 Å². The number of hydrogen-bond acceptors (Lipinski definition) is 2.